The van der Waals surface area contributed by atoms with Gasteiger partial charge in [0.1, 0.15) is 24.1 Å². The van der Waals surface area contributed by atoms with Gasteiger partial charge in [-0.05, 0) is 68.3 Å². The highest BCUT2D eigenvalue weighted by atomic mass is 19.1. The zero-order valence-corrected chi connectivity index (χ0v) is 21.8. The Kier molecular flexibility index (Phi) is 7.11. The van der Waals surface area contributed by atoms with Crippen LogP contribution in [-0.2, 0) is 13.0 Å². The topological polar surface area (TPSA) is 77.2 Å². The summed E-state index contributed by atoms with van der Waals surface area (Å²) in [6, 6.07) is 19.8. The van der Waals surface area contributed by atoms with Gasteiger partial charge in [0.15, 0.2) is 0 Å². The average molecular weight is 528 g/mol. The van der Waals surface area contributed by atoms with Crippen molar-refractivity contribution in [2.75, 3.05) is 0 Å². The first kappa shape index (κ1) is 26.0. The van der Waals surface area contributed by atoms with Gasteiger partial charge in [-0.25, -0.2) is 23.5 Å². The first-order valence-corrected chi connectivity index (χ1v) is 12.6. The van der Waals surface area contributed by atoms with Crippen molar-refractivity contribution in [1.29, 1.82) is 0 Å². The lowest BCUT2D eigenvalue weighted by atomic mass is 10.1. The minimum absolute atomic E-state index is 0.00305. The SMILES string of the molecule is Cc1ccc(COc2cccc(-c3ccc(Cc4nc5ccc(C(=O)O)cc5n4C(C)C)c(F)c3)n2)c(F)c1. The fourth-order valence-corrected chi connectivity index (χ4v) is 4.57. The van der Waals surface area contributed by atoms with Gasteiger partial charge in [-0.1, -0.05) is 30.3 Å². The van der Waals surface area contributed by atoms with E-state index in [1.807, 2.05) is 31.4 Å². The highest BCUT2D eigenvalue weighted by Gasteiger charge is 2.18. The first-order valence-electron chi connectivity index (χ1n) is 12.6. The summed E-state index contributed by atoms with van der Waals surface area (Å²) >= 11 is 0. The molecular weight excluding hydrogens is 500 g/mol. The van der Waals surface area contributed by atoms with E-state index in [1.165, 1.54) is 18.2 Å². The molecule has 1 N–H and O–H groups in total. The molecule has 0 fully saturated rings. The number of halogens is 2. The van der Waals surface area contributed by atoms with Crippen LogP contribution in [-0.4, -0.2) is 25.6 Å². The summed E-state index contributed by atoms with van der Waals surface area (Å²) in [6.07, 6.45) is 0.236. The Morgan fingerprint density at radius 1 is 0.949 bits per heavy atom. The molecule has 0 aliphatic rings. The Bertz CT molecular complexity index is 1690. The predicted molar refractivity (Wildman–Crippen MR) is 145 cm³/mol. The summed E-state index contributed by atoms with van der Waals surface area (Å²) in [5.74, 6) is -0.801. The molecule has 0 atom stereocenters. The molecule has 0 saturated carbocycles. The van der Waals surface area contributed by atoms with Gasteiger partial charge >= 0.3 is 5.97 Å². The van der Waals surface area contributed by atoms with Crippen molar-refractivity contribution >= 4 is 17.0 Å². The molecule has 0 bridgehead atoms. The number of carboxylic acids is 1. The third kappa shape index (κ3) is 5.50. The summed E-state index contributed by atoms with van der Waals surface area (Å²) in [6.45, 7) is 5.80. The molecule has 5 rings (SSSR count). The van der Waals surface area contributed by atoms with Crippen molar-refractivity contribution in [2.24, 2.45) is 0 Å². The number of rotatable bonds is 8. The second-order valence-electron chi connectivity index (χ2n) is 9.73. The Morgan fingerprint density at radius 3 is 2.44 bits per heavy atom. The number of hydrogen-bond acceptors (Lipinski definition) is 4. The number of hydrogen-bond donors (Lipinski definition) is 1. The predicted octanol–water partition coefficient (Wildman–Crippen LogP) is 7.13. The van der Waals surface area contributed by atoms with Gasteiger partial charge < -0.3 is 14.4 Å². The smallest absolute Gasteiger partial charge is 0.335 e. The zero-order chi connectivity index (χ0) is 27.7. The standard InChI is InChI=1S/C31H27F2N3O3/c1-18(2)36-28-15-22(31(37)38)11-12-27(28)34-29(36)16-20-9-10-21(14-25(20)33)26-5-4-6-30(35-26)39-17-23-8-7-19(3)13-24(23)32/h4-15,18H,16-17H2,1-3H3,(H,37,38). The van der Waals surface area contributed by atoms with Crippen LogP contribution in [0.2, 0.25) is 0 Å². The number of carboxylic acid groups (broad SMARTS) is 1. The minimum Gasteiger partial charge on any atom is -0.478 e. The van der Waals surface area contributed by atoms with Crippen molar-refractivity contribution < 1.29 is 23.4 Å². The molecule has 0 aliphatic carbocycles. The molecule has 0 aliphatic heterocycles. The van der Waals surface area contributed by atoms with Crippen LogP contribution in [0.15, 0.2) is 72.8 Å². The molecule has 5 aromatic rings. The lowest BCUT2D eigenvalue weighted by Crippen LogP contribution is -2.08. The van der Waals surface area contributed by atoms with Crippen LogP contribution in [0.25, 0.3) is 22.3 Å². The van der Waals surface area contributed by atoms with Crippen molar-refractivity contribution in [2.45, 2.75) is 39.8 Å². The number of nitrogens with zero attached hydrogens (tertiary/aromatic N) is 3. The molecule has 0 radical (unpaired) electrons. The number of fused-ring (bicyclic) bond motifs is 1. The number of aryl methyl sites for hydroxylation is 1. The van der Waals surface area contributed by atoms with Crippen molar-refractivity contribution in [3.05, 3.63) is 113 Å². The van der Waals surface area contributed by atoms with Crippen molar-refractivity contribution in [3.63, 3.8) is 0 Å². The van der Waals surface area contributed by atoms with Crippen molar-refractivity contribution in [1.82, 2.24) is 14.5 Å². The van der Waals surface area contributed by atoms with E-state index in [0.717, 1.165) is 5.56 Å². The van der Waals surface area contributed by atoms with Gasteiger partial charge in [-0.2, -0.15) is 0 Å². The van der Waals surface area contributed by atoms with E-state index in [1.54, 1.807) is 48.5 Å². The largest absolute Gasteiger partial charge is 0.478 e. The number of pyridine rings is 1. The molecule has 2 aromatic heterocycles. The number of aromatic nitrogens is 3. The number of aromatic carboxylic acids is 1. The van der Waals surface area contributed by atoms with Gasteiger partial charge in [0.2, 0.25) is 5.88 Å². The lowest BCUT2D eigenvalue weighted by Gasteiger charge is -2.14. The van der Waals surface area contributed by atoms with E-state index in [0.29, 0.717) is 45.1 Å². The molecule has 198 valence electrons. The maximum atomic E-state index is 15.3. The maximum Gasteiger partial charge on any atom is 0.335 e. The average Bonchev–Trinajstić information content (AvgIpc) is 3.27. The van der Waals surface area contributed by atoms with Crippen LogP contribution >= 0.6 is 0 Å². The Labute approximate surface area is 224 Å². The van der Waals surface area contributed by atoms with E-state index in [2.05, 4.69) is 9.97 Å². The van der Waals surface area contributed by atoms with Gasteiger partial charge in [-0.3, -0.25) is 0 Å². The minimum atomic E-state index is -1.01. The monoisotopic (exact) mass is 527 g/mol. The molecule has 2 heterocycles. The molecule has 6 nitrogen and oxygen atoms in total. The fourth-order valence-electron chi connectivity index (χ4n) is 4.57. The second-order valence-corrected chi connectivity index (χ2v) is 9.73. The molecule has 8 heteroatoms. The molecule has 0 amide bonds. The fraction of sp³-hybridized carbons (Fsp3) is 0.194. The number of imidazole rings is 1. The molecule has 3 aromatic carbocycles. The van der Waals surface area contributed by atoms with Crippen LogP contribution in [0.3, 0.4) is 0 Å². The maximum absolute atomic E-state index is 15.3. The van der Waals surface area contributed by atoms with Crippen LogP contribution < -0.4 is 4.74 Å². The zero-order valence-electron chi connectivity index (χ0n) is 21.8. The van der Waals surface area contributed by atoms with Crippen LogP contribution in [0.5, 0.6) is 5.88 Å². The van der Waals surface area contributed by atoms with Crippen LogP contribution in [0.4, 0.5) is 8.78 Å². The van der Waals surface area contributed by atoms with Crippen LogP contribution in [0.1, 0.15) is 52.8 Å². The summed E-state index contributed by atoms with van der Waals surface area (Å²) in [5, 5.41) is 9.38. The van der Waals surface area contributed by atoms with Gasteiger partial charge in [-0.15, -0.1) is 0 Å². The van der Waals surface area contributed by atoms with Gasteiger partial charge in [0.05, 0.1) is 22.3 Å². The number of carbonyl (C=O) groups is 1. The molecule has 0 saturated heterocycles. The van der Waals surface area contributed by atoms with Crippen LogP contribution in [0, 0.1) is 18.6 Å². The van der Waals surface area contributed by atoms with E-state index < -0.39 is 11.8 Å². The quantitative estimate of drug-likeness (QED) is 0.232. The lowest BCUT2D eigenvalue weighted by molar-refractivity contribution is 0.0697. The highest BCUT2D eigenvalue weighted by Crippen LogP contribution is 2.27. The van der Waals surface area contributed by atoms with E-state index in [-0.39, 0.29) is 30.5 Å². The summed E-state index contributed by atoms with van der Waals surface area (Å²) in [7, 11) is 0. The van der Waals surface area contributed by atoms with E-state index in [4.69, 9.17) is 4.74 Å². The number of benzene rings is 3. The Morgan fingerprint density at radius 2 is 1.72 bits per heavy atom. The Balaban J connectivity index is 1.38. The first-order chi connectivity index (χ1) is 18.7. The summed E-state index contributed by atoms with van der Waals surface area (Å²) in [5.41, 5.74) is 4.34. The molecular formula is C31H27F2N3O3. The molecule has 0 spiro atoms. The third-order valence-corrected chi connectivity index (χ3v) is 6.53. The Hall–Kier alpha value is -4.59. The van der Waals surface area contributed by atoms with Gasteiger partial charge in [0, 0.05) is 29.7 Å². The summed E-state index contributed by atoms with van der Waals surface area (Å²) in [4.78, 5) is 20.6. The summed E-state index contributed by atoms with van der Waals surface area (Å²) < 4.78 is 37.1. The van der Waals surface area contributed by atoms with Crippen molar-refractivity contribution in [3.8, 4) is 17.1 Å². The number of ether oxygens (including phenoxy) is 1. The second kappa shape index (κ2) is 10.6. The van der Waals surface area contributed by atoms with E-state index in [9.17, 15) is 14.3 Å². The van der Waals surface area contributed by atoms with Gasteiger partial charge in [0.25, 0.3) is 0 Å². The molecule has 0 unspecified atom stereocenters. The normalized spacial score (nSPS) is 11.3. The third-order valence-electron chi connectivity index (χ3n) is 6.53. The highest BCUT2D eigenvalue weighted by molar-refractivity contribution is 5.92. The van der Waals surface area contributed by atoms with E-state index >= 15 is 4.39 Å². The molecule has 39 heavy (non-hydrogen) atoms.